The van der Waals surface area contributed by atoms with Gasteiger partial charge >= 0.3 is 5.63 Å². The van der Waals surface area contributed by atoms with E-state index in [0.29, 0.717) is 5.71 Å². The van der Waals surface area contributed by atoms with Gasteiger partial charge in [-0.15, -0.1) is 5.10 Å². The number of hydrogen-bond donors (Lipinski definition) is 0. The van der Waals surface area contributed by atoms with Crippen molar-refractivity contribution in [3.63, 3.8) is 0 Å². The predicted octanol–water partition coefficient (Wildman–Crippen LogP) is 1.63. The van der Waals surface area contributed by atoms with Crippen LogP contribution in [0.1, 0.15) is 18.2 Å². The molecule has 74 valence electrons. The summed E-state index contributed by atoms with van der Waals surface area (Å²) < 4.78 is 6.85. The quantitative estimate of drug-likeness (QED) is 0.689. The Balaban J connectivity index is 2.92. The van der Waals surface area contributed by atoms with Crippen molar-refractivity contribution in [2.75, 3.05) is 0 Å². The van der Waals surface area contributed by atoms with E-state index in [2.05, 4.69) is 5.10 Å². The van der Waals surface area contributed by atoms with Crippen molar-refractivity contribution in [3.05, 3.63) is 27.7 Å². The van der Waals surface area contributed by atoms with Crippen molar-refractivity contribution < 1.29 is 4.42 Å². The SMILES string of the molecule is CCn1nc2oc(=O)cc(C)c2c1C. The van der Waals surface area contributed by atoms with Crippen molar-refractivity contribution in [2.24, 2.45) is 0 Å². The summed E-state index contributed by atoms with van der Waals surface area (Å²) >= 11 is 0. The Hall–Kier alpha value is -1.58. The van der Waals surface area contributed by atoms with E-state index in [1.807, 2.05) is 25.5 Å². The highest BCUT2D eigenvalue weighted by atomic mass is 16.4. The first-order valence-corrected chi connectivity index (χ1v) is 4.61. The van der Waals surface area contributed by atoms with Crippen LogP contribution in [0.3, 0.4) is 0 Å². The maximum atomic E-state index is 11.1. The molecule has 4 nitrogen and oxygen atoms in total. The lowest BCUT2D eigenvalue weighted by molar-refractivity contribution is 0.532. The molecule has 0 amide bonds. The first-order chi connectivity index (χ1) is 6.63. The third kappa shape index (κ3) is 1.14. The fraction of sp³-hybridized carbons (Fsp3) is 0.400. The van der Waals surface area contributed by atoms with Crippen LogP contribution >= 0.6 is 0 Å². The molecule has 2 aromatic heterocycles. The number of rotatable bonds is 1. The molecule has 0 fully saturated rings. The summed E-state index contributed by atoms with van der Waals surface area (Å²) in [6.45, 7) is 6.66. The fourth-order valence-corrected chi connectivity index (χ4v) is 1.73. The molecule has 14 heavy (non-hydrogen) atoms. The second-order valence-electron chi connectivity index (χ2n) is 3.33. The lowest BCUT2D eigenvalue weighted by Crippen LogP contribution is -1.97. The molecular formula is C10H12N2O2. The van der Waals surface area contributed by atoms with Crippen molar-refractivity contribution in [1.82, 2.24) is 9.78 Å². The van der Waals surface area contributed by atoms with Gasteiger partial charge in [-0.3, -0.25) is 4.68 Å². The summed E-state index contributed by atoms with van der Waals surface area (Å²) in [5.41, 5.74) is 2.07. The van der Waals surface area contributed by atoms with Gasteiger partial charge in [-0.2, -0.15) is 0 Å². The van der Waals surface area contributed by atoms with Crippen molar-refractivity contribution in [3.8, 4) is 0 Å². The fourth-order valence-electron chi connectivity index (χ4n) is 1.73. The van der Waals surface area contributed by atoms with Gasteiger partial charge in [-0.1, -0.05) is 0 Å². The number of aromatic nitrogens is 2. The minimum atomic E-state index is -0.337. The zero-order valence-corrected chi connectivity index (χ0v) is 8.50. The van der Waals surface area contributed by atoms with Gasteiger partial charge in [0.2, 0.25) is 5.71 Å². The van der Waals surface area contributed by atoms with Crippen LogP contribution in [0.25, 0.3) is 11.1 Å². The summed E-state index contributed by atoms with van der Waals surface area (Å²) in [7, 11) is 0. The summed E-state index contributed by atoms with van der Waals surface area (Å²) in [6.07, 6.45) is 0. The highest BCUT2D eigenvalue weighted by Gasteiger charge is 2.11. The summed E-state index contributed by atoms with van der Waals surface area (Å²) in [5, 5.41) is 5.15. The van der Waals surface area contributed by atoms with E-state index in [0.717, 1.165) is 23.2 Å². The number of nitrogens with zero attached hydrogens (tertiary/aromatic N) is 2. The second kappa shape index (κ2) is 2.97. The molecule has 0 aliphatic carbocycles. The lowest BCUT2D eigenvalue weighted by Gasteiger charge is -1.97. The first-order valence-electron chi connectivity index (χ1n) is 4.61. The van der Waals surface area contributed by atoms with Crippen LogP contribution in [0.4, 0.5) is 0 Å². The van der Waals surface area contributed by atoms with E-state index in [1.54, 1.807) is 0 Å². The van der Waals surface area contributed by atoms with Crippen LogP contribution in [-0.2, 0) is 6.54 Å². The third-order valence-corrected chi connectivity index (χ3v) is 2.40. The molecule has 0 saturated carbocycles. The van der Waals surface area contributed by atoms with Crippen LogP contribution in [0.15, 0.2) is 15.3 Å². The Morgan fingerprint density at radius 1 is 1.50 bits per heavy atom. The van der Waals surface area contributed by atoms with E-state index >= 15 is 0 Å². The minimum Gasteiger partial charge on any atom is -0.402 e. The van der Waals surface area contributed by atoms with Gasteiger partial charge in [0, 0.05) is 18.3 Å². The molecular weight excluding hydrogens is 180 g/mol. The maximum Gasteiger partial charge on any atom is 0.337 e. The Kier molecular flexibility index (Phi) is 1.91. The van der Waals surface area contributed by atoms with Crippen LogP contribution in [0.5, 0.6) is 0 Å². The molecule has 0 spiro atoms. The Morgan fingerprint density at radius 2 is 2.21 bits per heavy atom. The standard InChI is InChI=1S/C10H12N2O2/c1-4-12-7(3)9-6(2)5-8(13)14-10(9)11-12/h5H,4H2,1-3H3. The number of aryl methyl sites for hydroxylation is 3. The van der Waals surface area contributed by atoms with Gasteiger partial charge in [0.1, 0.15) is 0 Å². The van der Waals surface area contributed by atoms with E-state index < -0.39 is 0 Å². The topological polar surface area (TPSA) is 48.0 Å². The molecule has 0 saturated heterocycles. The molecule has 0 aliphatic rings. The molecule has 0 bridgehead atoms. The zero-order chi connectivity index (χ0) is 10.3. The van der Waals surface area contributed by atoms with Gasteiger partial charge < -0.3 is 4.42 Å². The molecule has 0 radical (unpaired) electrons. The van der Waals surface area contributed by atoms with Crippen LogP contribution in [-0.4, -0.2) is 9.78 Å². The number of hydrogen-bond acceptors (Lipinski definition) is 3. The predicted molar refractivity (Wildman–Crippen MR) is 53.4 cm³/mol. The highest BCUT2D eigenvalue weighted by Crippen LogP contribution is 2.19. The summed E-state index contributed by atoms with van der Waals surface area (Å²) in [5.74, 6) is 0. The molecule has 0 atom stereocenters. The lowest BCUT2D eigenvalue weighted by atomic mass is 10.2. The minimum absolute atomic E-state index is 0.337. The average Bonchev–Trinajstić information content (AvgIpc) is 2.42. The van der Waals surface area contributed by atoms with Crippen molar-refractivity contribution >= 4 is 11.1 Å². The first kappa shape index (κ1) is 8.99. The van der Waals surface area contributed by atoms with Gasteiger partial charge in [0.15, 0.2) is 0 Å². The Bertz CT molecular complexity index is 537. The smallest absolute Gasteiger partial charge is 0.337 e. The van der Waals surface area contributed by atoms with E-state index in [1.165, 1.54) is 6.07 Å². The van der Waals surface area contributed by atoms with E-state index in [-0.39, 0.29) is 5.63 Å². The molecule has 0 aliphatic heterocycles. The molecule has 0 N–H and O–H groups in total. The Morgan fingerprint density at radius 3 is 2.86 bits per heavy atom. The average molecular weight is 192 g/mol. The zero-order valence-electron chi connectivity index (χ0n) is 8.50. The molecule has 2 rings (SSSR count). The molecule has 2 heterocycles. The molecule has 0 aromatic carbocycles. The highest BCUT2D eigenvalue weighted by molar-refractivity contribution is 5.79. The van der Waals surface area contributed by atoms with Gasteiger partial charge in [-0.05, 0) is 26.3 Å². The Labute approximate surface area is 81.1 Å². The monoisotopic (exact) mass is 192 g/mol. The van der Waals surface area contributed by atoms with Crippen LogP contribution in [0, 0.1) is 13.8 Å². The van der Waals surface area contributed by atoms with Crippen molar-refractivity contribution in [1.29, 1.82) is 0 Å². The van der Waals surface area contributed by atoms with E-state index in [4.69, 9.17) is 4.42 Å². The maximum absolute atomic E-state index is 11.1. The van der Waals surface area contributed by atoms with Gasteiger partial charge in [0.05, 0.1) is 5.39 Å². The second-order valence-corrected chi connectivity index (χ2v) is 3.33. The van der Waals surface area contributed by atoms with E-state index in [9.17, 15) is 4.79 Å². The largest absolute Gasteiger partial charge is 0.402 e. The number of fused-ring (bicyclic) bond motifs is 1. The molecule has 4 heteroatoms. The van der Waals surface area contributed by atoms with Gasteiger partial charge in [0.25, 0.3) is 0 Å². The molecule has 2 aromatic rings. The normalized spacial score (nSPS) is 11.1. The summed E-state index contributed by atoms with van der Waals surface area (Å²) in [6, 6.07) is 1.50. The summed E-state index contributed by atoms with van der Waals surface area (Å²) in [4.78, 5) is 11.1. The van der Waals surface area contributed by atoms with Gasteiger partial charge in [-0.25, -0.2) is 4.79 Å². The third-order valence-electron chi connectivity index (χ3n) is 2.40. The van der Waals surface area contributed by atoms with Crippen molar-refractivity contribution in [2.45, 2.75) is 27.3 Å². The van der Waals surface area contributed by atoms with Crippen LogP contribution < -0.4 is 5.63 Å². The van der Waals surface area contributed by atoms with Crippen LogP contribution in [0.2, 0.25) is 0 Å². The molecule has 0 unspecified atom stereocenters.